The summed E-state index contributed by atoms with van der Waals surface area (Å²) in [7, 11) is 0. The maximum absolute atomic E-state index is 13.3. The van der Waals surface area contributed by atoms with Crippen LogP contribution in [-0.2, 0) is 20.8 Å². The van der Waals surface area contributed by atoms with E-state index in [1.54, 1.807) is 4.90 Å². The third-order valence-electron chi connectivity index (χ3n) is 4.54. The van der Waals surface area contributed by atoms with Crippen LogP contribution in [0.25, 0.3) is 0 Å². The Morgan fingerprint density at radius 3 is 2.54 bits per heavy atom. The van der Waals surface area contributed by atoms with Gasteiger partial charge in [-0.15, -0.1) is 0 Å². The van der Waals surface area contributed by atoms with Crippen molar-refractivity contribution in [3.8, 4) is 0 Å². The van der Waals surface area contributed by atoms with E-state index in [1.165, 1.54) is 17.9 Å². The molecule has 1 aliphatic rings. The molecule has 0 aromatic heterocycles. The van der Waals surface area contributed by atoms with Crippen LogP contribution < -0.4 is 0 Å². The molecule has 1 unspecified atom stereocenters. The van der Waals surface area contributed by atoms with E-state index in [0.29, 0.717) is 37.9 Å². The quantitative estimate of drug-likeness (QED) is 0.860. The van der Waals surface area contributed by atoms with Gasteiger partial charge in [-0.3, -0.25) is 14.4 Å². The highest BCUT2D eigenvalue weighted by Gasteiger charge is 2.27. The fourth-order valence-corrected chi connectivity index (χ4v) is 3.22. The molecule has 0 saturated carbocycles. The predicted octanol–water partition coefficient (Wildman–Crippen LogP) is 1.82. The van der Waals surface area contributed by atoms with Crippen molar-refractivity contribution in [3.63, 3.8) is 0 Å². The Bertz CT molecular complexity index is 696. The highest BCUT2D eigenvalue weighted by atomic mass is 19.2. The number of hydrogen-bond acceptors (Lipinski definition) is 3. The molecule has 142 valence electrons. The molecule has 2 amide bonds. The Kier molecular flexibility index (Phi) is 6.65. The van der Waals surface area contributed by atoms with Crippen LogP contribution in [0.3, 0.4) is 0 Å². The Morgan fingerprint density at radius 2 is 1.92 bits per heavy atom. The Hall–Kier alpha value is -2.51. The van der Waals surface area contributed by atoms with Crippen molar-refractivity contribution >= 4 is 17.8 Å². The topological polar surface area (TPSA) is 77.9 Å². The van der Waals surface area contributed by atoms with E-state index in [-0.39, 0.29) is 30.8 Å². The molecule has 1 atom stereocenters. The van der Waals surface area contributed by atoms with E-state index in [0.717, 1.165) is 12.1 Å². The lowest BCUT2D eigenvalue weighted by atomic mass is 10.1. The lowest BCUT2D eigenvalue weighted by Gasteiger charge is -2.28. The van der Waals surface area contributed by atoms with Gasteiger partial charge in [-0.25, -0.2) is 8.78 Å². The van der Waals surface area contributed by atoms with Crippen LogP contribution in [-0.4, -0.2) is 58.4 Å². The van der Waals surface area contributed by atoms with E-state index >= 15 is 0 Å². The molecule has 0 bridgehead atoms. The van der Waals surface area contributed by atoms with Crippen molar-refractivity contribution in [1.29, 1.82) is 0 Å². The van der Waals surface area contributed by atoms with Gasteiger partial charge in [0.25, 0.3) is 0 Å². The number of hydrogen-bond donors (Lipinski definition) is 1. The summed E-state index contributed by atoms with van der Waals surface area (Å²) in [5.41, 5.74) is 0.394. The minimum atomic E-state index is -1.07. The van der Waals surface area contributed by atoms with Crippen molar-refractivity contribution in [2.75, 3.05) is 19.6 Å². The molecule has 0 spiro atoms. The normalized spacial score (nSPS) is 17.5. The Morgan fingerprint density at radius 1 is 1.19 bits per heavy atom. The number of carboxylic acids is 1. The van der Waals surface area contributed by atoms with Gasteiger partial charge < -0.3 is 14.9 Å². The fourth-order valence-electron chi connectivity index (χ4n) is 3.22. The average Bonchev–Trinajstić information content (AvgIpc) is 2.81. The highest BCUT2D eigenvalue weighted by molar-refractivity contribution is 5.80. The number of halogens is 2. The zero-order valence-electron chi connectivity index (χ0n) is 14.6. The molecule has 1 aromatic rings. The highest BCUT2D eigenvalue weighted by Crippen LogP contribution is 2.18. The second-order valence-electron chi connectivity index (χ2n) is 6.43. The summed E-state index contributed by atoms with van der Waals surface area (Å²) in [5.74, 6) is -3.53. The SMILES string of the molecule is CC(=O)N(CC(=O)O)C1CCCN(C(=O)Cc2ccc(F)c(F)c2)CC1. The number of nitrogens with zero attached hydrogens (tertiary/aromatic N) is 2. The molecular weight excluding hydrogens is 346 g/mol. The van der Waals surface area contributed by atoms with Crippen LogP contribution in [0.4, 0.5) is 8.78 Å². The molecule has 1 saturated heterocycles. The number of benzene rings is 1. The van der Waals surface area contributed by atoms with Gasteiger partial charge in [0.2, 0.25) is 11.8 Å². The lowest BCUT2D eigenvalue weighted by Crippen LogP contribution is -2.43. The van der Waals surface area contributed by atoms with Gasteiger partial charge in [0.05, 0.1) is 6.42 Å². The van der Waals surface area contributed by atoms with Crippen LogP contribution in [0.15, 0.2) is 18.2 Å². The van der Waals surface area contributed by atoms with Gasteiger partial charge in [0.15, 0.2) is 11.6 Å². The van der Waals surface area contributed by atoms with E-state index in [9.17, 15) is 23.2 Å². The van der Waals surface area contributed by atoms with Gasteiger partial charge in [-0.2, -0.15) is 0 Å². The largest absolute Gasteiger partial charge is 0.480 e. The van der Waals surface area contributed by atoms with Crippen LogP contribution in [0, 0.1) is 11.6 Å². The number of aliphatic carboxylic acids is 1. The minimum Gasteiger partial charge on any atom is -0.480 e. The number of carboxylic acid groups (broad SMARTS) is 1. The number of carbonyl (C=O) groups is 3. The molecule has 1 N–H and O–H groups in total. The van der Waals surface area contributed by atoms with Gasteiger partial charge in [0, 0.05) is 26.1 Å². The lowest BCUT2D eigenvalue weighted by molar-refractivity contribution is -0.145. The fraction of sp³-hybridized carbons (Fsp3) is 0.500. The van der Waals surface area contributed by atoms with Gasteiger partial charge >= 0.3 is 5.97 Å². The Labute approximate surface area is 150 Å². The third kappa shape index (κ3) is 5.24. The van der Waals surface area contributed by atoms with Crippen LogP contribution >= 0.6 is 0 Å². The number of rotatable bonds is 5. The molecule has 1 aromatic carbocycles. The zero-order valence-corrected chi connectivity index (χ0v) is 14.6. The van der Waals surface area contributed by atoms with E-state index in [4.69, 9.17) is 5.11 Å². The summed E-state index contributed by atoms with van der Waals surface area (Å²) in [4.78, 5) is 38.1. The smallest absolute Gasteiger partial charge is 0.323 e. The minimum absolute atomic E-state index is 0.0343. The molecule has 6 nitrogen and oxygen atoms in total. The van der Waals surface area contributed by atoms with Crippen molar-refractivity contribution < 1.29 is 28.3 Å². The first-order valence-electron chi connectivity index (χ1n) is 8.48. The molecule has 0 aliphatic carbocycles. The maximum Gasteiger partial charge on any atom is 0.323 e. The summed E-state index contributed by atoms with van der Waals surface area (Å²) in [6, 6.07) is 3.15. The van der Waals surface area contributed by atoms with Gasteiger partial charge in [-0.05, 0) is 37.0 Å². The van der Waals surface area contributed by atoms with E-state index in [2.05, 4.69) is 0 Å². The second kappa shape index (κ2) is 8.73. The molecule has 8 heteroatoms. The van der Waals surface area contributed by atoms with Crippen LogP contribution in [0.5, 0.6) is 0 Å². The second-order valence-corrected chi connectivity index (χ2v) is 6.43. The first-order valence-corrected chi connectivity index (χ1v) is 8.48. The zero-order chi connectivity index (χ0) is 19.3. The van der Waals surface area contributed by atoms with Crippen molar-refractivity contribution in [3.05, 3.63) is 35.4 Å². The van der Waals surface area contributed by atoms with E-state index < -0.39 is 17.6 Å². The Balaban J connectivity index is 1.98. The predicted molar refractivity (Wildman–Crippen MR) is 89.3 cm³/mol. The monoisotopic (exact) mass is 368 g/mol. The molecule has 2 rings (SSSR count). The molecule has 26 heavy (non-hydrogen) atoms. The van der Waals surface area contributed by atoms with Crippen molar-refractivity contribution in [2.24, 2.45) is 0 Å². The number of amides is 2. The molecule has 0 radical (unpaired) electrons. The van der Waals surface area contributed by atoms with E-state index in [1.807, 2.05) is 0 Å². The summed E-state index contributed by atoms with van der Waals surface area (Å²) in [6.07, 6.45) is 1.70. The van der Waals surface area contributed by atoms with Crippen LogP contribution in [0.2, 0.25) is 0 Å². The summed E-state index contributed by atoms with van der Waals surface area (Å²) in [6.45, 7) is 1.84. The third-order valence-corrected chi connectivity index (χ3v) is 4.54. The average molecular weight is 368 g/mol. The van der Waals surface area contributed by atoms with Gasteiger partial charge in [-0.1, -0.05) is 6.07 Å². The maximum atomic E-state index is 13.3. The van der Waals surface area contributed by atoms with Crippen LogP contribution in [0.1, 0.15) is 31.7 Å². The van der Waals surface area contributed by atoms with Crippen molar-refractivity contribution in [2.45, 2.75) is 38.6 Å². The number of likely N-dealkylation sites (tertiary alicyclic amines) is 1. The summed E-state index contributed by atoms with van der Waals surface area (Å²) >= 11 is 0. The summed E-state index contributed by atoms with van der Waals surface area (Å²) < 4.78 is 26.2. The number of carbonyl (C=O) groups excluding carboxylic acids is 2. The summed E-state index contributed by atoms with van der Waals surface area (Å²) in [5, 5.41) is 8.96. The standard InChI is InChI=1S/C18H22F2N2O4/c1-12(23)22(11-18(25)26)14-3-2-7-21(8-6-14)17(24)10-13-4-5-15(19)16(20)9-13/h4-5,9,14H,2-3,6-8,10-11H2,1H3,(H,25,26). The first kappa shape index (κ1) is 19.8. The molecule has 1 heterocycles. The first-order chi connectivity index (χ1) is 12.3. The van der Waals surface area contributed by atoms with Crippen molar-refractivity contribution in [1.82, 2.24) is 9.80 Å². The molecular formula is C18H22F2N2O4. The van der Waals surface area contributed by atoms with Gasteiger partial charge in [0.1, 0.15) is 6.54 Å². The molecule has 1 aliphatic heterocycles. The molecule has 1 fully saturated rings.